The van der Waals surface area contributed by atoms with E-state index in [2.05, 4.69) is 0 Å². The number of aliphatic carboxylic acids is 1. The number of carboxylic acids is 1. The molecular formula is C11H13ClFNO2. The van der Waals surface area contributed by atoms with Crippen LogP contribution in [-0.2, 0) is 4.79 Å². The van der Waals surface area contributed by atoms with Crippen molar-refractivity contribution >= 4 is 17.6 Å². The quantitative estimate of drug-likeness (QED) is 0.858. The molecule has 0 bridgehead atoms. The van der Waals surface area contributed by atoms with Crippen LogP contribution in [0.5, 0.6) is 0 Å². The minimum Gasteiger partial charge on any atom is -0.481 e. The van der Waals surface area contributed by atoms with Gasteiger partial charge in [-0.3, -0.25) is 4.79 Å². The predicted octanol–water partition coefficient (Wildman–Crippen LogP) is 2.22. The van der Waals surface area contributed by atoms with Gasteiger partial charge in [-0.05, 0) is 36.6 Å². The second-order valence-corrected chi connectivity index (χ2v) is 4.03. The van der Waals surface area contributed by atoms with Crippen LogP contribution in [0.25, 0.3) is 0 Å². The summed E-state index contributed by atoms with van der Waals surface area (Å²) in [5, 5.41) is 8.84. The number of hydrogen-bond donors (Lipinski definition) is 2. The van der Waals surface area contributed by atoms with Crippen LogP contribution in [0.3, 0.4) is 0 Å². The largest absolute Gasteiger partial charge is 0.481 e. The van der Waals surface area contributed by atoms with Gasteiger partial charge in [0.1, 0.15) is 5.82 Å². The van der Waals surface area contributed by atoms with Crippen LogP contribution in [0.2, 0.25) is 5.02 Å². The standard InChI is InChI=1S/C11H13ClFNO2/c1-5-3-8(13)10(12)9(6(5)2)7(4-14)11(15)16/h3,7H,4,14H2,1-2H3,(H,15,16). The number of nitrogens with two attached hydrogens (primary N) is 1. The average Bonchev–Trinajstić information content (AvgIpc) is 2.21. The van der Waals surface area contributed by atoms with E-state index in [0.717, 1.165) is 0 Å². The van der Waals surface area contributed by atoms with Crippen molar-refractivity contribution in [3.63, 3.8) is 0 Å². The van der Waals surface area contributed by atoms with E-state index in [1.807, 2.05) is 0 Å². The van der Waals surface area contributed by atoms with E-state index in [1.165, 1.54) is 6.07 Å². The Bertz CT molecular complexity index is 408. The molecule has 1 unspecified atom stereocenters. The molecule has 1 rings (SSSR count). The molecule has 5 heteroatoms. The number of benzene rings is 1. The van der Waals surface area contributed by atoms with E-state index in [4.69, 9.17) is 22.4 Å². The molecule has 0 fully saturated rings. The first kappa shape index (κ1) is 12.9. The highest BCUT2D eigenvalue weighted by atomic mass is 35.5. The van der Waals surface area contributed by atoms with E-state index >= 15 is 0 Å². The van der Waals surface area contributed by atoms with Crippen molar-refractivity contribution in [3.05, 3.63) is 33.6 Å². The van der Waals surface area contributed by atoms with Crippen molar-refractivity contribution in [1.82, 2.24) is 0 Å². The Labute approximate surface area is 98.0 Å². The van der Waals surface area contributed by atoms with Crippen LogP contribution in [0.15, 0.2) is 6.07 Å². The maximum Gasteiger partial charge on any atom is 0.312 e. The molecule has 0 heterocycles. The van der Waals surface area contributed by atoms with Crippen molar-refractivity contribution in [2.45, 2.75) is 19.8 Å². The molecule has 0 saturated carbocycles. The van der Waals surface area contributed by atoms with Gasteiger partial charge >= 0.3 is 5.97 Å². The van der Waals surface area contributed by atoms with Gasteiger partial charge < -0.3 is 10.8 Å². The summed E-state index contributed by atoms with van der Waals surface area (Å²) >= 11 is 5.79. The maximum atomic E-state index is 13.4. The molecule has 1 aromatic rings. The average molecular weight is 246 g/mol. The van der Waals surface area contributed by atoms with Crippen molar-refractivity contribution in [2.24, 2.45) is 5.73 Å². The molecule has 0 amide bonds. The van der Waals surface area contributed by atoms with E-state index in [0.29, 0.717) is 11.1 Å². The number of carboxylic acid groups (broad SMARTS) is 1. The van der Waals surface area contributed by atoms with Gasteiger partial charge in [-0.25, -0.2) is 4.39 Å². The Hall–Kier alpha value is -1.13. The molecule has 0 aliphatic heterocycles. The molecule has 0 aromatic heterocycles. The van der Waals surface area contributed by atoms with Crippen LogP contribution >= 0.6 is 11.6 Å². The first-order chi connectivity index (χ1) is 7.40. The Morgan fingerprint density at radius 1 is 1.62 bits per heavy atom. The van der Waals surface area contributed by atoms with Crippen molar-refractivity contribution < 1.29 is 14.3 Å². The van der Waals surface area contributed by atoms with Gasteiger partial charge in [0.05, 0.1) is 10.9 Å². The predicted molar refractivity (Wildman–Crippen MR) is 60.3 cm³/mol. The summed E-state index contributed by atoms with van der Waals surface area (Å²) in [6.07, 6.45) is 0. The lowest BCUT2D eigenvalue weighted by Gasteiger charge is -2.17. The van der Waals surface area contributed by atoms with Gasteiger partial charge in [-0.1, -0.05) is 11.6 Å². The topological polar surface area (TPSA) is 63.3 Å². The SMILES string of the molecule is Cc1cc(F)c(Cl)c(C(CN)C(=O)O)c1C. The highest BCUT2D eigenvalue weighted by Crippen LogP contribution is 2.32. The Morgan fingerprint density at radius 3 is 2.62 bits per heavy atom. The molecule has 88 valence electrons. The minimum absolute atomic E-state index is 0.112. The molecule has 1 aromatic carbocycles. The third-order valence-electron chi connectivity index (χ3n) is 2.67. The number of hydrogen-bond acceptors (Lipinski definition) is 2. The smallest absolute Gasteiger partial charge is 0.312 e. The monoisotopic (exact) mass is 245 g/mol. The summed E-state index contributed by atoms with van der Waals surface area (Å²) in [6.45, 7) is 3.30. The van der Waals surface area contributed by atoms with Crippen LogP contribution < -0.4 is 5.73 Å². The lowest BCUT2D eigenvalue weighted by atomic mass is 9.92. The highest BCUT2D eigenvalue weighted by molar-refractivity contribution is 6.32. The summed E-state index contributed by atoms with van der Waals surface area (Å²) in [6, 6.07) is 1.29. The second-order valence-electron chi connectivity index (χ2n) is 3.65. The first-order valence-electron chi connectivity index (χ1n) is 4.78. The van der Waals surface area contributed by atoms with Gasteiger partial charge in [-0.15, -0.1) is 0 Å². The zero-order chi connectivity index (χ0) is 12.5. The van der Waals surface area contributed by atoms with Gasteiger partial charge in [0.15, 0.2) is 0 Å². The van der Waals surface area contributed by atoms with E-state index in [9.17, 15) is 9.18 Å². The summed E-state index contributed by atoms with van der Waals surface area (Å²) in [5.74, 6) is -2.68. The van der Waals surface area contributed by atoms with E-state index in [-0.39, 0.29) is 17.1 Å². The molecule has 3 nitrogen and oxygen atoms in total. The zero-order valence-corrected chi connectivity index (χ0v) is 9.81. The van der Waals surface area contributed by atoms with Crippen LogP contribution in [0, 0.1) is 19.7 Å². The molecule has 0 aliphatic rings. The molecular weight excluding hydrogens is 233 g/mol. The van der Waals surface area contributed by atoms with Crippen LogP contribution in [0.4, 0.5) is 4.39 Å². The van der Waals surface area contributed by atoms with Gasteiger partial charge in [0.25, 0.3) is 0 Å². The number of halogens is 2. The lowest BCUT2D eigenvalue weighted by Crippen LogP contribution is -2.23. The molecule has 0 radical (unpaired) electrons. The van der Waals surface area contributed by atoms with Gasteiger partial charge in [-0.2, -0.15) is 0 Å². The fourth-order valence-corrected chi connectivity index (χ4v) is 1.95. The molecule has 1 atom stereocenters. The third-order valence-corrected chi connectivity index (χ3v) is 3.05. The maximum absolute atomic E-state index is 13.4. The molecule has 16 heavy (non-hydrogen) atoms. The molecule has 0 aliphatic carbocycles. The van der Waals surface area contributed by atoms with E-state index < -0.39 is 17.7 Å². The highest BCUT2D eigenvalue weighted by Gasteiger charge is 2.25. The molecule has 3 N–H and O–H groups in total. The van der Waals surface area contributed by atoms with Crippen molar-refractivity contribution in [2.75, 3.05) is 6.54 Å². The Balaban J connectivity index is 3.47. The summed E-state index contributed by atoms with van der Waals surface area (Å²) < 4.78 is 13.4. The van der Waals surface area contributed by atoms with Crippen LogP contribution in [-0.4, -0.2) is 17.6 Å². The second kappa shape index (κ2) is 4.80. The minimum atomic E-state index is -1.10. The van der Waals surface area contributed by atoms with Gasteiger partial charge in [0.2, 0.25) is 0 Å². The Morgan fingerprint density at radius 2 is 2.19 bits per heavy atom. The normalized spacial score (nSPS) is 12.6. The fraction of sp³-hybridized carbons (Fsp3) is 0.364. The van der Waals surface area contributed by atoms with Crippen LogP contribution in [0.1, 0.15) is 22.6 Å². The Kier molecular flexibility index (Phi) is 3.88. The number of carbonyl (C=O) groups is 1. The molecule has 0 saturated heterocycles. The molecule has 0 spiro atoms. The number of aryl methyl sites for hydroxylation is 1. The summed E-state index contributed by atoms with van der Waals surface area (Å²) in [7, 11) is 0. The number of rotatable bonds is 3. The zero-order valence-electron chi connectivity index (χ0n) is 9.05. The van der Waals surface area contributed by atoms with Gasteiger partial charge in [0, 0.05) is 6.54 Å². The summed E-state index contributed by atoms with van der Waals surface area (Å²) in [4.78, 5) is 11.0. The van der Waals surface area contributed by atoms with Crippen molar-refractivity contribution in [1.29, 1.82) is 0 Å². The van der Waals surface area contributed by atoms with Crippen molar-refractivity contribution in [3.8, 4) is 0 Å². The first-order valence-corrected chi connectivity index (χ1v) is 5.15. The lowest BCUT2D eigenvalue weighted by molar-refractivity contribution is -0.138. The summed E-state index contributed by atoms with van der Waals surface area (Å²) in [5.41, 5.74) is 6.99. The third kappa shape index (κ3) is 2.18. The fourth-order valence-electron chi connectivity index (χ4n) is 1.62. The van der Waals surface area contributed by atoms with E-state index in [1.54, 1.807) is 13.8 Å².